The summed E-state index contributed by atoms with van der Waals surface area (Å²) in [6, 6.07) is 16.4. The number of hydrogen-bond acceptors (Lipinski definition) is 3. The predicted molar refractivity (Wildman–Crippen MR) is 96.2 cm³/mol. The van der Waals surface area contributed by atoms with Crippen molar-refractivity contribution in [3.8, 4) is 11.1 Å². The van der Waals surface area contributed by atoms with Crippen LogP contribution >= 0.6 is 0 Å². The Morgan fingerprint density at radius 2 is 1.56 bits per heavy atom. The third-order valence-corrected chi connectivity index (χ3v) is 4.73. The number of amides is 1. The van der Waals surface area contributed by atoms with Crippen LogP contribution in [0.25, 0.3) is 11.1 Å². The van der Waals surface area contributed by atoms with Crippen molar-refractivity contribution in [1.82, 2.24) is 19.9 Å². The SMILES string of the molecule is Cc1ccc(-c2ccc(C(=O)N3CCC(n4nccn4)C3)cc2)cc1. The van der Waals surface area contributed by atoms with Gasteiger partial charge >= 0.3 is 0 Å². The molecular weight excluding hydrogens is 312 g/mol. The first-order chi connectivity index (χ1) is 12.2. The third kappa shape index (κ3) is 3.18. The number of likely N-dealkylation sites (tertiary alicyclic amines) is 1. The van der Waals surface area contributed by atoms with E-state index in [1.165, 1.54) is 5.56 Å². The Kier molecular flexibility index (Phi) is 4.06. The van der Waals surface area contributed by atoms with E-state index in [-0.39, 0.29) is 11.9 Å². The molecule has 1 atom stereocenters. The van der Waals surface area contributed by atoms with Gasteiger partial charge in [-0.25, -0.2) is 0 Å². The molecule has 126 valence electrons. The van der Waals surface area contributed by atoms with Crippen LogP contribution in [0.5, 0.6) is 0 Å². The first-order valence-corrected chi connectivity index (χ1v) is 8.53. The molecule has 1 amide bonds. The third-order valence-electron chi connectivity index (χ3n) is 4.73. The second kappa shape index (κ2) is 6.51. The summed E-state index contributed by atoms with van der Waals surface area (Å²) in [6.07, 6.45) is 4.24. The summed E-state index contributed by atoms with van der Waals surface area (Å²) < 4.78 is 0. The highest BCUT2D eigenvalue weighted by Gasteiger charge is 2.28. The molecule has 5 heteroatoms. The zero-order valence-electron chi connectivity index (χ0n) is 14.2. The molecule has 0 radical (unpaired) electrons. The monoisotopic (exact) mass is 332 g/mol. The maximum absolute atomic E-state index is 12.7. The molecule has 1 saturated heterocycles. The van der Waals surface area contributed by atoms with Crippen LogP contribution in [-0.4, -0.2) is 38.9 Å². The Morgan fingerprint density at radius 1 is 0.960 bits per heavy atom. The Morgan fingerprint density at radius 3 is 2.20 bits per heavy atom. The Bertz CT molecular complexity index is 854. The van der Waals surface area contributed by atoms with Gasteiger partial charge < -0.3 is 4.90 Å². The zero-order valence-corrected chi connectivity index (χ0v) is 14.2. The van der Waals surface area contributed by atoms with E-state index in [9.17, 15) is 4.79 Å². The van der Waals surface area contributed by atoms with Gasteiger partial charge in [-0.1, -0.05) is 42.0 Å². The van der Waals surface area contributed by atoms with E-state index in [1.807, 2.05) is 29.2 Å². The minimum atomic E-state index is 0.0742. The van der Waals surface area contributed by atoms with Gasteiger partial charge in [0, 0.05) is 18.7 Å². The molecule has 4 rings (SSSR count). The van der Waals surface area contributed by atoms with Crippen LogP contribution < -0.4 is 0 Å². The van der Waals surface area contributed by atoms with E-state index in [1.54, 1.807) is 17.2 Å². The van der Waals surface area contributed by atoms with Crippen LogP contribution in [0.2, 0.25) is 0 Å². The Hall–Kier alpha value is -2.95. The van der Waals surface area contributed by atoms with Crippen LogP contribution in [0.1, 0.15) is 28.4 Å². The van der Waals surface area contributed by atoms with Crippen molar-refractivity contribution in [2.24, 2.45) is 0 Å². The molecule has 3 aromatic rings. The normalized spacial score (nSPS) is 17.0. The highest BCUT2D eigenvalue weighted by molar-refractivity contribution is 5.95. The van der Waals surface area contributed by atoms with Crippen molar-refractivity contribution >= 4 is 5.91 Å². The van der Waals surface area contributed by atoms with Crippen molar-refractivity contribution in [3.63, 3.8) is 0 Å². The predicted octanol–water partition coefficient (Wildman–Crippen LogP) is 3.34. The number of aromatic nitrogens is 3. The van der Waals surface area contributed by atoms with Gasteiger partial charge in [0.05, 0.1) is 18.4 Å². The van der Waals surface area contributed by atoms with Gasteiger partial charge in [0.15, 0.2) is 0 Å². The molecule has 0 saturated carbocycles. The van der Waals surface area contributed by atoms with Crippen molar-refractivity contribution in [2.75, 3.05) is 13.1 Å². The zero-order chi connectivity index (χ0) is 17.2. The number of nitrogens with zero attached hydrogens (tertiary/aromatic N) is 4. The molecule has 0 bridgehead atoms. The number of aryl methyl sites for hydroxylation is 1. The second-order valence-electron chi connectivity index (χ2n) is 6.49. The molecule has 1 fully saturated rings. The summed E-state index contributed by atoms with van der Waals surface area (Å²) in [5.74, 6) is 0.0742. The van der Waals surface area contributed by atoms with Crippen molar-refractivity contribution in [2.45, 2.75) is 19.4 Å². The summed E-state index contributed by atoms with van der Waals surface area (Å²) in [5, 5.41) is 8.37. The van der Waals surface area contributed by atoms with Gasteiger partial charge in [0.2, 0.25) is 0 Å². The van der Waals surface area contributed by atoms with E-state index in [2.05, 4.69) is 41.4 Å². The standard InChI is InChI=1S/C20H20N4O/c1-15-2-4-16(5-3-15)17-6-8-18(9-7-17)20(25)23-13-10-19(14-23)24-21-11-12-22-24/h2-9,11-12,19H,10,13-14H2,1H3. The molecular formula is C20H20N4O. The molecule has 1 aromatic heterocycles. The van der Waals surface area contributed by atoms with Gasteiger partial charge in [-0.15, -0.1) is 0 Å². The van der Waals surface area contributed by atoms with Gasteiger partial charge in [0.25, 0.3) is 5.91 Å². The minimum absolute atomic E-state index is 0.0742. The highest BCUT2D eigenvalue weighted by Crippen LogP contribution is 2.24. The van der Waals surface area contributed by atoms with E-state index in [0.29, 0.717) is 6.54 Å². The number of benzene rings is 2. The lowest BCUT2D eigenvalue weighted by Gasteiger charge is -2.16. The molecule has 2 aromatic carbocycles. The molecule has 0 N–H and O–H groups in total. The van der Waals surface area contributed by atoms with Crippen molar-refractivity contribution in [3.05, 3.63) is 72.1 Å². The van der Waals surface area contributed by atoms with Crippen LogP contribution in [0.4, 0.5) is 0 Å². The topological polar surface area (TPSA) is 51.0 Å². The second-order valence-corrected chi connectivity index (χ2v) is 6.49. The van der Waals surface area contributed by atoms with Gasteiger partial charge in [0.1, 0.15) is 0 Å². The van der Waals surface area contributed by atoms with E-state index in [0.717, 1.165) is 29.7 Å². The van der Waals surface area contributed by atoms with Crippen LogP contribution in [0, 0.1) is 6.92 Å². The Balaban J connectivity index is 1.47. The molecule has 2 heterocycles. The molecule has 0 spiro atoms. The van der Waals surface area contributed by atoms with Crippen LogP contribution in [0.3, 0.4) is 0 Å². The molecule has 5 nitrogen and oxygen atoms in total. The number of carbonyl (C=O) groups excluding carboxylic acids is 1. The summed E-state index contributed by atoms with van der Waals surface area (Å²) >= 11 is 0. The minimum Gasteiger partial charge on any atom is -0.336 e. The summed E-state index contributed by atoms with van der Waals surface area (Å²) in [5.41, 5.74) is 4.25. The smallest absolute Gasteiger partial charge is 0.253 e. The molecule has 1 unspecified atom stereocenters. The maximum atomic E-state index is 12.7. The fourth-order valence-electron chi connectivity index (χ4n) is 3.26. The fraction of sp³-hybridized carbons (Fsp3) is 0.250. The average molecular weight is 332 g/mol. The van der Waals surface area contributed by atoms with Gasteiger partial charge in [-0.3, -0.25) is 4.79 Å². The van der Waals surface area contributed by atoms with Crippen molar-refractivity contribution in [1.29, 1.82) is 0 Å². The molecule has 0 aliphatic carbocycles. The van der Waals surface area contributed by atoms with E-state index in [4.69, 9.17) is 0 Å². The quantitative estimate of drug-likeness (QED) is 0.739. The number of rotatable bonds is 3. The number of carbonyl (C=O) groups is 1. The van der Waals surface area contributed by atoms with Crippen LogP contribution in [0.15, 0.2) is 60.9 Å². The average Bonchev–Trinajstić information content (AvgIpc) is 3.33. The Labute approximate surface area is 146 Å². The first-order valence-electron chi connectivity index (χ1n) is 8.53. The molecule has 1 aliphatic heterocycles. The summed E-state index contributed by atoms with van der Waals surface area (Å²) in [7, 11) is 0. The lowest BCUT2D eigenvalue weighted by Crippen LogP contribution is -2.29. The lowest BCUT2D eigenvalue weighted by molar-refractivity contribution is 0.0786. The summed E-state index contributed by atoms with van der Waals surface area (Å²) in [6.45, 7) is 3.48. The van der Waals surface area contributed by atoms with Crippen LogP contribution in [-0.2, 0) is 0 Å². The van der Waals surface area contributed by atoms with Crippen molar-refractivity contribution < 1.29 is 4.79 Å². The summed E-state index contributed by atoms with van der Waals surface area (Å²) in [4.78, 5) is 16.3. The maximum Gasteiger partial charge on any atom is 0.253 e. The molecule has 1 aliphatic rings. The fourth-order valence-corrected chi connectivity index (χ4v) is 3.26. The first kappa shape index (κ1) is 15.6. The molecule has 25 heavy (non-hydrogen) atoms. The van der Waals surface area contributed by atoms with E-state index < -0.39 is 0 Å². The van der Waals surface area contributed by atoms with E-state index >= 15 is 0 Å². The van der Waals surface area contributed by atoms with Gasteiger partial charge in [-0.2, -0.15) is 15.0 Å². The lowest BCUT2D eigenvalue weighted by atomic mass is 10.0. The van der Waals surface area contributed by atoms with Gasteiger partial charge in [-0.05, 0) is 36.6 Å². The largest absolute Gasteiger partial charge is 0.336 e. The number of hydrogen-bond donors (Lipinski definition) is 0. The highest BCUT2D eigenvalue weighted by atomic mass is 16.2.